The molecule has 0 spiro atoms. The number of phenols is 1. The van der Waals surface area contributed by atoms with E-state index >= 15 is 0 Å². The Morgan fingerprint density at radius 3 is 2.36 bits per heavy atom. The largest absolute Gasteiger partial charge is 0.508 e. The minimum atomic E-state index is 0.287. The van der Waals surface area contributed by atoms with Gasteiger partial charge in [0.25, 0.3) is 0 Å². The number of hydrogen-bond acceptors (Lipinski definition) is 3. The van der Waals surface area contributed by atoms with E-state index in [0.29, 0.717) is 0 Å². The number of phenolic OH excluding ortho intramolecular Hbond substituents is 1. The van der Waals surface area contributed by atoms with E-state index in [1.54, 1.807) is 17.0 Å². The number of nitrogens with one attached hydrogen (secondary N) is 1. The van der Waals surface area contributed by atoms with Gasteiger partial charge < -0.3 is 10.0 Å². The van der Waals surface area contributed by atoms with Gasteiger partial charge in [0.1, 0.15) is 12.3 Å². The lowest BCUT2D eigenvalue weighted by molar-refractivity contribution is -0.918. The maximum absolute atomic E-state index is 9.27. The Bertz CT molecular complexity index is 602. The van der Waals surface area contributed by atoms with Crippen molar-refractivity contribution in [3.8, 4) is 5.75 Å². The Morgan fingerprint density at radius 1 is 1.00 bits per heavy atom. The molecule has 114 valence electrons. The van der Waals surface area contributed by atoms with Gasteiger partial charge in [0.15, 0.2) is 0 Å². The SMILES string of the molecule is Oc1ccc(C=NN2CC[NH+](Cc3ccccc3)CC2)cc1. The van der Waals surface area contributed by atoms with E-state index in [9.17, 15) is 5.11 Å². The molecule has 0 radical (unpaired) electrons. The molecule has 1 fully saturated rings. The molecule has 4 nitrogen and oxygen atoms in total. The van der Waals surface area contributed by atoms with Crippen LogP contribution in [0.2, 0.25) is 0 Å². The summed E-state index contributed by atoms with van der Waals surface area (Å²) in [6, 6.07) is 17.8. The predicted molar refractivity (Wildman–Crippen MR) is 88.1 cm³/mol. The number of hydrogen-bond donors (Lipinski definition) is 2. The molecule has 0 saturated carbocycles. The maximum atomic E-state index is 9.27. The van der Waals surface area contributed by atoms with Crippen LogP contribution in [0, 0.1) is 0 Å². The fourth-order valence-corrected chi connectivity index (χ4v) is 2.70. The van der Waals surface area contributed by atoms with Gasteiger partial charge in [0, 0.05) is 5.56 Å². The summed E-state index contributed by atoms with van der Waals surface area (Å²) in [6.45, 7) is 5.29. The summed E-state index contributed by atoms with van der Waals surface area (Å²) in [6.07, 6.45) is 1.86. The summed E-state index contributed by atoms with van der Waals surface area (Å²) < 4.78 is 0. The first-order valence-electron chi connectivity index (χ1n) is 7.75. The Labute approximate surface area is 131 Å². The fraction of sp³-hybridized carbons (Fsp3) is 0.278. The summed E-state index contributed by atoms with van der Waals surface area (Å²) in [5, 5.41) is 15.9. The van der Waals surface area contributed by atoms with Gasteiger partial charge in [-0.2, -0.15) is 5.10 Å². The minimum Gasteiger partial charge on any atom is -0.508 e. The first-order valence-corrected chi connectivity index (χ1v) is 7.75. The molecule has 3 rings (SSSR count). The molecule has 2 aromatic rings. The van der Waals surface area contributed by atoms with Gasteiger partial charge in [-0.25, -0.2) is 0 Å². The van der Waals surface area contributed by atoms with Crippen LogP contribution >= 0.6 is 0 Å². The van der Waals surface area contributed by atoms with Crippen molar-refractivity contribution in [2.75, 3.05) is 26.2 Å². The summed E-state index contributed by atoms with van der Waals surface area (Å²) in [4.78, 5) is 1.61. The number of quaternary nitrogens is 1. The van der Waals surface area contributed by atoms with Gasteiger partial charge in [-0.05, 0) is 29.8 Å². The predicted octanol–water partition coefficient (Wildman–Crippen LogP) is 1.13. The fourth-order valence-electron chi connectivity index (χ4n) is 2.70. The van der Waals surface area contributed by atoms with Crippen LogP contribution in [0.15, 0.2) is 59.7 Å². The highest BCUT2D eigenvalue weighted by Gasteiger charge is 2.18. The van der Waals surface area contributed by atoms with Crippen LogP contribution in [0.25, 0.3) is 0 Å². The highest BCUT2D eigenvalue weighted by Crippen LogP contribution is 2.08. The molecular formula is C18H22N3O+. The van der Waals surface area contributed by atoms with Crippen LogP contribution in [0.1, 0.15) is 11.1 Å². The Kier molecular flexibility index (Phi) is 4.71. The first kappa shape index (κ1) is 14.6. The molecule has 1 aliphatic rings. The van der Waals surface area contributed by atoms with E-state index in [-0.39, 0.29) is 5.75 Å². The van der Waals surface area contributed by atoms with Gasteiger partial charge in [-0.1, -0.05) is 30.3 Å². The second kappa shape index (κ2) is 7.09. The van der Waals surface area contributed by atoms with E-state index in [1.807, 2.05) is 18.3 Å². The summed E-state index contributed by atoms with van der Waals surface area (Å²) in [5.41, 5.74) is 2.41. The quantitative estimate of drug-likeness (QED) is 0.830. The molecule has 22 heavy (non-hydrogen) atoms. The Balaban J connectivity index is 1.48. The standard InChI is InChI=1S/C18H21N3O/c22-18-8-6-16(7-9-18)14-19-21-12-10-20(11-13-21)15-17-4-2-1-3-5-17/h1-9,14,22H,10-13,15H2/p+1. The third kappa shape index (κ3) is 4.09. The summed E-state index contributed by atoms with van der Waals surface area (Å²) >= 11 is 0. The van der Waals surface area contributed by atoms with Crippen molar-refractivity contribution in [2.24, 2.45) is 5.10 Å². The van der Waals surface area contributed by atoms with Crippen molar-refractivity contribution >= 4 is 6.21 Å². The lowest BCUT2D eigenvalue weighted by Crippen LogP contribution is -3.13. The molecule has 2 N–H and O–H groups in total. The van der Waals surface area contributed by atoms with E-state index in [0.717, 1.165) is 38.3 Å². The summed E-state index contributed by atoms with van der Waals surface area (Å²) in [7, 11) is 0. The average Bonchev–Trinajstić information content (AvgIpc) is 2.57. The molecule has 1 saturated heterocycles. The van der Waals surface area contributed by atoms with Gasteiger partial charge in [0.2, 0.25) is 0 Å². The van der Waals surface area contributed by atoms with Crippen molar-refractivity contribution < 1.29 is 10.0 Å². The average molecular weight is 296 g/mol. The zero-order valence-corrected chi connectivity index (χ0v) is 12.7. The molecule has 0 amide bonds. The van der Waals surface area contributed by atoms with Crippen LogP contribution in [-0.2, 0) is 6.54 Å². The van der Waals surface area contributed by atoms with Crippen LogP contribution < -0.4 is 4.90 Å². The molecule has 0 aromatic heterocycles. The van der Waals surface area contributed by atoms with Gasteiger partial charge in [-0.3, -0.25) is 5.01 Å². The Hall–Kier alpha value is -2.33. The monoisotopic (exact) mass is 296 g/mol. The third-order valence-electron chi connectivity index (χ3n) is 4.01. The highest BCUT2D eigenvalue weighted by atomic mass is 16.3. The number of piperazine rings is 1. The van der Waals surface area contributed by atoms with E-state index < -0.39 is 0 Å². The van der Waals surface area contributed by atoms with Crippen LogP contribution in [-0.4, -0.2) is 42.5 Å². The summed E-state index contributed by atoms with van der Waals surface area (Å²) in [5.74, 6) is 0.287. The second-order valence-corrected chi connectivity index (χ2v) is 5.70. The molecule has 0 aliphatic carbocycles. The molecule has 2 aromatic carbocycles. The molecule has 0 bridgehead atoms. The lowest BCUT2D eigenvalue weighted by Gasteiger charge is -2.30. The third-order valence-corrected chi connectivity index (χ3v) is 4.01. The van der Waals surface area contributed by atoms with Crippen molar-refractivity contribution in [3.63, 3.8) is 0 Å². The van der Waals surface area contributed by atoms with Gasteiger partial charge >= 0.3 is 0 Å². The van der Waals surface area contributed by atoms with Gasteiger partial charge in [-0.15, -0.1) is 0 Å². The molecular weight excluding hydrogens is 274 g/mol. The highest BCUT2D eigenvalue weighted by molar-refractivity contribution is 5.79. The van der Waals surface area contributed by atoms with Crippen molar-refractivity contribution in [1.82, 2.24) is 5.01 Å². The van der Waals surface area contributed by atoms with E-state index in [2.05, 4.69) is 40.4 Å². The van der Waals surface area contributed by atoms with Gasteiger partial charge in [0.05, 0.1) is 32.4 Å². The number of benzene rings is 2. The van der Waals surface area contributed by atoms with E-state index in [1.165, 1.54) is 5.56 Å². The van der Waals surface area contributed by atoms with E-state index in [4.69, 9.17) is 0 Å². The van der Waals surface area contributed by atoms with Crippen molar-refractivity contribution in [1.29, 1.82) is 0 Å². The smallest absolute Gasteiger partial charge is 0.115 e. The number of hydrazone groups is 1. The maximum Gasteiger partial charge on any atom is 0.115 e. The molecule has 1 aliphatic heterocycles. The molecule has 0 unspecified atom stereocenters. The zero-order chi connectivity index (χ0) is 15.2. The van der Waals surface area contributed by atoms with Crippen LogP contribution in [0.4, 0.5) is 0 Å². The number of aromatic hydroxyl groups is 1. The molecule has 1 heterocycles. The first-order chi connectivity index (χ1) is 10.8. The minimum absolute atomic E-state index is 0.287. The lowest BCUT2D eigenvalue weighted by atomic mass is 10.2. The second-order valence-electron chi connectivity index (χ2n) is 5.70. The topological polar surface area (TPSA) is 40.3 Å². The Morgan fingerprint density at radius 2 is 1.68 bits per heavy atom. The normalized spacial score (nSPS) is 16.3. The zero-order valence-electron chi connectivity index (χ0n) is 12.7. The molecule has 4 heteroatoms. The van der Waals surface area contributed by atoms with Crippen molar-refractivity contribution in [3.05, 3.63) is 65.7 Å². The van der Waals surface area contributed by atoms with Crippen LogP contribution in [0.5, 0.6) is 5.75 Å². The van der Waals surface area contributed by atoms with Crippen molar-refractivity contribution in [2.45, 2.75) is 6.54 Å². The number of rotatable bonds is 4. The molecule has 0 atom stereocenters. The number of nitrogens with zero attached hydrogens (tertiary/aromatic N) is 2. The van der Waals surface area contributed by atoms with Crippen LogP contribution in [0.3, 0.4) is 0 Å².